The van der Waals surface area contributed by atoms with Crippen molar-refractivity contribution in [1.29, 1.82) is 0 Å². The molecule has 0 aromatic heterocycles. The number of rotatable bonds is 7. The summed E-state index contributed by atoms with van der Waals surface area (Å²) in [5, 5.41) is 25.2. The topological polar surface area (TPSA) is 77.8 Å². The van der Waals surface area contributed by atoms with Gasteiger partial charge in [-0.2, -0.15) is 0 Å². The van der Waals surface area contributed by atoms with Crippen LogP contribution in [0.25, 0.3) is 0 Å². The van der Waals surface area contributed by atoms with E-state index in [2.05, 4.69) is 0 Å². The Bertz CT molecular complexity index is 127. The summed E-state index contributed by atoms with van der Waals surface area (Å²) in [6, 6.07) is 0. The predicted molar refractivity (Wildman–Crippen MR) is 45.7 cm³/mol. The molecule has 3 N–H and O–H groups in total. The van der Waals surface area contributed by atoms with Crippen molar-refractivity contribution < 1.29 is 19.9 Å². The molecule has 4 nitrogen and oxygen atoms in total. The van der Waals surface area contributed by atoms with E-state index >= 15 is 0 Å². The van der Waals surface area contributed by atoms with E-state index in [9.17, 15) is 4.79 Å². The quantitative estimate of drug-likeness (QED) is 0.387. The van der Waals surface area contributed by atoms with E-state index in [0.717, 1.165) is 19.3 Å². The number of carboxylic acid groups (broad SMARTS) is 1. The smallest absolute Gasteiger partial charge is 0.451 e. The number of hydrogen-bond donors (Lipinski definition) is 3. The van der Waals surface area contributed by atoms with Gasteiger partial charge < -0.3 is 15.2 Å². The fourth-order valence-electron chi connectivity index (χ4n) is 0.957. The number of hydrogen-bond acceptors (Lipinski definition) is 3. The maximum atomic E-state index is 10.1. The van der Waals surface area contributed by atoms with Crippen LogP contribution < -0.4 is 0 Å². The summed E-state index contributed by atoms with van der Waals surface area (Å²) < 4.78 is 0. The Kier molecular flexibility index (Phi) is 6.80. The van der Waals surface area contributed by atoms with Crippen molar-refractivity contribution in [2.24, 2.45) is 0 Å². The minimum absolute atomic E-state index is 0.210. The average Bonchev–Trinajstić information content (AvgIpc) is 1.95. The highest BCUT2D eigenvalue weighted by Gasteiger charge is 2.04. The fourth-order valence-corrected chi connectivity index (χ4v) is 0.957. The van der Waals surface area contributed by atoms with Crippen LogP contribution >= 0.6 is 0 Å². The lowest BCUT2D eigenvalue weighted by Gasteiger charge is -1.98. The van der Waals surface area contributed by atoms with Gasteiger partial charge in [0.1, 0.15) is 0 Å². The molecule has 0 amide bonds. The van der Waals surface area contributed by atoms with Crippen LogP contribution in [0, 0.1) is 0 Å². The van der Waals surface area contributed by atoms with Crippen LogP contribution in [0.3, 0.4) is 0 Å². The van der Waals surface area contributed by atoms with E-state index in [1.807, 2.05) is 0 Å². The minimum atomic E-state index is -1.22. The van der Waals surface area contributed by atoms with Crippen molar-refractivity contribution in [2.75, 3.05) is 0 Å². The third kappa shape index (κ3) is 9.45. The summed E-state index contributed by atoms with van der Waals surface area (Å²) in [6.07, 6.45) is 3.73. The van der Waals surface area contributed by atoms with Crippen molar-refractivity contribution in [3.05, 3.63) is 0 Å². The van der Waals surface area contributed by atoms with E-state index in [-0.39, 0.29) is 6.42 Å². The second kappa shape index (κ2) is 7.12. The highest BCUT2D eigenvalue weighted by Crippen LogP contribution is 2.06. The van der Waals surface area contributed by atoms with E-state index in [4.69, 9.17) is 15.2 Å². The van der Waals surface area contributed by atoms with Gasteiger partial charge in [-0.15, -0.1) is 0 Å². The van der Waals surface area contributed by atoms with Gasteiger partial charge in [0.25, 0.3) is 0 Å². The summed E-state index contributed by atoms with van der Waals surface area (Å²) in [5.41, 5.74) is 0. The van der Waals surface area contributed by atoms with E-state index in [1.54, 1.807) is 0 Å². The average molecular weight is 174 g/mol. The lowest BCUT2D eigenvalue weighted by Crippen LogP contribution is -2.09. The summed E-state index contributed by atoms with van der Waals surface area (Å²) in [6.45, 7) is 0. The molecule has 0 rings (SSSR count). The van der Waals surface area contributed by atoms with Gasteiger partial charge in [0.2, 0.25) is 0 Å². The van der Waals surface area contributed by atoms with Gasteiger partial charge in [-0.3, -0.25) is 4.79 Å². The molecule has 70 valence electrons. The van der Waals surface area contributed by atoms with Crippen LogP contribution in [-0.4, -0.2) is 28.2 Å². The SMILES string of the molecule is O=C(O)CCCCCCB(O)O. The van der Waals surface area contributed by atoms with Gasteiger partial charge in [0.05, 0.1) is 0 Å². The molecular formula is C7H15BO4. The minimum Gasteiger partial charge on any atom is -0.481 e. The van der Waals surface area contributed by atoms with Crippen molar-refractivity contribution in [3.63, 3.8) is 0 Å². The Labute approximate surface area is 72.4 Å². The molecule has 0 aromatic rings. The predicted octanol–water partition coefficient (Wildman–Crippen LogP) is 0.494. The molecule has 0 heterocycles. The number of unbranched alkanes of at least 4 members (excludes halogenated alkanes) is 3. The maximum absolute atomic E-state index is 10.1. The first-order valence-corrected chi connectivity index (χ1v) is 4.21. The van der Waals surface area contributed by atoms with Crippen molar-refractivity contribution in [3.8, 4) is 0 Å². The molecule has 0 bridgehead atoms. The van der Waals surface area contributed by atoms with Gasteiger partial charge in [-0.25, -0.2) is 0 Å². The van der Waals surface area contributed by atoms with Gasteiger partial charge in [-0.05, 0) is 12.7 Å². The molecule has 0 aliphatic carbocycles. The Morgan fingerprint density at radius 1 is 1.08 bits per heavy atom. The third-order valence-corrected chi connectivity index (χ3v) is 1.60. The monoisotopic (exact) mass is 174 g/mol. The summed E-state index contributed by atoms with van der Waals surface area (Å²) in [7, 11) is -1.22. The van der Waals surface area contributed by atoms with Crippen molar-refractivity contribution in [1.82, 2.24) is 0 Å². The molecule has 5 heteroatoms. The molecule has 0 aliphatic rings. The summed E-state index contributed by atoms with van der Waals surface area (Å²) >= 11 is 0. The van der Waals surface area contributed by atoms with Crippen LogP contribution in [0.15, 0.2) is 0 Å². The molecule has 0 aliphatic heterocycles. The Hall–Kier alpha value is -0.545. The van der Waals surface area contributed by atoms with Gasteiger partial charge in [0.15, 0.2) is 0 Å². The molecular weight excluding hydrogens is 159 g/mol. The second-order valence-corrected chi connectivity index (χ2v) is 2.83. The highest BCUT2D eigenvalue weighted by atomic mass is 16.4. The Morgan fingerprint density at radius 2 is 1.67 bits per heavy atom. The molecule has 0 unspecified atom stereocenters. The zero-order valence-corrected chi connectivity index (χ0v) is 7.07. The number of carboxylic acids is 1. The highest BCUT2D eigenvalue weighted by molar-refractivity contribution is 6.40. The van der Waals surface area contributed by atoms with E-state index in [0.29, 0.717) is 12.7 Å². The Morgan fingerprint density at radius 3 is 2.17 bits per heavy atom. The van der Waals surface area contributed by atoms with E-state index in [1.165, 1.54) is 0 Å². The zero-order chi connectivity index (χ0) is 9.40. The molecule has 0 radical (unpaired) electrons. The first-order chi connectivity index (χ1) is 5.63. The lowest BCUT2D eigenvalue weighted by molar-refractivity contribution is -0.137. The molecule has 0 aromatic carbocycles. The van der Waals surface area contributed by atoms with E-state index < -0.39 is 13.1 Å². The molecule has 0 atom stereocenters. The third-order valence-electron chi connectivity index (χ3n) is 1.60. The maximum Gasteiger partial charge on any atom is 0.451 e. The molecule has 0 saturated carbocycles. The van der Waals surface area contributed by atoms with Crippen LogP contribution in [0.1, 0.15) is 32.1 Å². The first-order valence-electron chi connectivity index (χ1n) is 4.21. The van der Waals surface area contributed by atoms with Gasteiger partial charge in [0, 0.05) is 6.42 Å². The van der Waals surface area contributed by atoms with Crippen LogP contribution in [0.4, 0.5) is 0 Å². The number of carbonyl (C=O) groups is 1. The fraction of sp³-hybridized carbons (Fsp3) is 0.857. The number of aliphatic carboxylic acids is 1. The lowest BCUT2D eigenvalue weighted by atomic mass is 9.83. The molecule has 12 heavy (non-hydrogen) atoms. The first kappa shape index (κ1) is 11.5. The second-order valence-electron chi connectivity index (χ2n) is 2.83. The normalized spacial score (nSPS) is 9.83. The summed E-state index contributed by atoms with van der Waals surface area (Å²) in [4.78, 5) is 10.1. The summed E-state index contributed by atoms with van der Waals surface area (Å²) in [5.74, 6) is -0.766. The zero-order valence-electron chi connectivity index (χ0n) is 7.07. The molecule has 0 spiro atoms. The van der Waals surface area contributed by atoms with Crippen molar-refractivity contribution in [2.45, 2.75) is 38.4 Å². The largest absolute Gasteiger partial charge is 0.481 e. The molecule has 0 saturated heterocycles. The van der Waals surface area contributed by atoms with Crippen LogP contribution in [-0.2, 0) is 4.79 Å². The van der Waals surface area contributed by atoms with Crippen LogP contribution in [0.5, 0.6) is 0 Å². The van der Waals surface area contributed by atoms with Crippen molar-refractivity contribution >= 4 is 13.1 Å². The molecule has 0 fully saturated rings. The standard InChI is InChI=1S/C7H15BO4/c9-7(10)5-3-1-2-4-6-8(11)12/h11-12H,1-6H2,(H,9,10). The van der Waals surface area contributed by atoms with Gasteiger partial charge in [-0.1, -0.05) is 19.3 Å². The Balaban J connectivity index is 2.96. The van der Waals surface area contributed by atoms with Crippen LogP contribution in [0.2, 0.25) is 6.32 Å². The van der Waals surface area contributed by atoms with Gasteiger partial charge >= 0.3 is 13.1 Å².